The van der Waals surface area contributed by atoms with Crippen LogP contribution in [0.3, 0.4) is 0 Å². The number of hydrogen-bond acceptors (Lipinski definition) is 2. The number of ether oxygens (including phenoxy) is 1. The van der Waals surface area contributed by atoms with Crippen molar-refractivity contribution in [1.82, 2.24) is 0 Å². The highest BCUT2D eigenvalue weighted by Gasteiger charge is 2.64. The van der Waals surface area contributed by atoms with E-state index in [9.17, 15) is 4.79 Å². The number of carbonyl (C=O) groups excluding carboxylic acids is 1. The van der Waals surface area contributed by atoms with Gasteiger partial charge in [0.15, 0.2) is 0 Å². The molecule has 4 aliphatic carbocycles. The first-order valence-electron chi connectivity index (χ1n) is 8.34. The minimum atomic E-state index is -0.255. The molecular formula is C18H28O2. The lowest BCUT2D eigenvalue weighted by Crippen LogP contribution is -2.52. The Morgan fingerprint density at radius 3 is 2.15 bits per heavy atom. The van der Waals surface area contributed by atoms with E-state index in [1.807, 2.05) is 0 Å². The van der Waals surface area contributed by atoms with Crippen molar-refractivity contribution in [3.63, 3.8) is 0 Å². The van der Waals surface area contributed by atoms with Gasteiger partial charge < -0.3 is 4.74 Å². The summed E-state index contributed by atoms with van der Waals surface area (Å²) < 4.78 is 6.09. The van der Waals surface area contributed by atoms with Crippen LogP contribution in [-0.2, 0) is 9.53 Å². The zero-order valence-electron chi connectivity index (χ0n) is 13.2. The van der Waals surface area contributed by atoms with Crippen molar-refractivity contribution >= 4 is 5.97 Å². The van der Waals surface area contributed by atoms with Crippen LogP contribution in [0.4, 0.5) is 0 Å². The van der Waals surface area contributed by atoms with Gasteiger partial charge in [-0.3, -0.25) is 0 Å². The molecule has 0 aliphatic heterocycles. The summed E-state index contributed by atoms with van der Waals surface area (Å²) in [5, 5.41) is 0. The molecule has 4 aliphatic rings. The molecule has 0 aromatic rings. The topological polar surface area (TPSA) is 26.3 Å². The van der Waals surface area contributed by atoms with E-state index in [0.717, 1.165) is 30.6 Å². The Morgan fingerprint density at radius 1 is 1.20 bits per heavy atom. The van der Waals surface area contributed by atoms with Gasteiger partial charge in [0.05, 0.1) is 0 Å². The fourth-order valence-corrected chi connectivity index (χ4v) is 5.89. The fourth-order valence-electron chi connectivity index (χ4n) is 5.89. The molecule has 0 aromatic carbocycles. The van der Waals surface area contributed by atoms with Crippen LogP contribution in [0.1, 0.15) is 65.7 Å². The van der Waals surface area contributed by atoms with E-state index in [-0.39, 0.29) is 17.0 Å². The lowest BCUT2D eigenvalue weighted by Gasteiger charge is -2.52. The average Bonchev–Trinajstić information content (AvgIpc) is 2.83. The van der Waals surface area contributed by atoms with Crippen molar-refractivity contribution < 1.29 is 9.53 Å². The van der Waals surface area contributed by atoms with Gasteiger partial charge in [-0.2, -0.15) is 0 Å². The van der Waals surface area contributed by atoms with Gasteiger partial charge in [-0.25, -0.2) is 4.79 Å². The van der Waals surface area contributed by atoms with Crippen molar-refractivity contribution in [2.24, 2.45) is 23.2 Å². The summed E-state index contributed by atoms with van der Waals surface area (Å²) in [5.41, 5.74) is 0.538. The van der Waals surface area contributed by atoms with E-state index in [1.54, 1.807) is 6.92 Å². The molecule has 4 saturated carbocycles. The highest BCUT2D eigenvalue weighted by molar-refractivity contribution is 5.87. The molecule has 4 fully saturated rings. The lowest BCUT2D eigenvalue weighted by molar-refractivity contribution is -0.182. The minimum absolute atomic E-state index is 0.189. The van der Waals surface area contributed by atoms with E-state index in [0.29, 0.717) is 5.57 Å². The van der Waals surface area contributed by atoms with Crippen LogP contribution in [-0.4, -0.2) is 11.6 Å². The average molecular weight is 276 g/mol. The zero-order chi connectivity index (χ0) is 14.5. The monoisotopic (exact) mass is 276 g/mol. The van der Waals surface area contributed by atoms with Crippen LogP contribution in [0.25, 0.3) is 0 Å². The number of esters is 1. The van der Waals surface area contributed by atoms with E-state index < -0.39 is 0 Å². The van der Waals surface area contributed by atoms with Crippen LogP contribution in [0.2, 0.25) is 0 Å². The minimum Gasteiger partial charge on any atom is -0.455 e. The molecule has 0 amide bonds. The van der Waals surface area contributed by atoms with Gasteiger partial charge in [-0.15, -0.1) is 0 Å². The lowest BCUT2D eigenvalue weighted by atomic mass is 9.58. The van der Waals surface area contributed by atoms with Crippen molar-refractivity contribution in [1.29, 1.82) is 0 Å². The standard InChI is InChI=1S/C18H28O2/c1-5-18(6-2,20-16(19)12(3)4)17-9-13-7-14(10-17)15(8-13)11-17/h13-15H,3,5-11H2,1-2,4H3. The summed E-state index contributed by atoms with van der Waals surface area (Å²) in [6, 6.07) is 0. The largest absolute Gasteiger partial charge is 0.455 e. The molecule has 2 heteroatoms. The Balaban J connectivity index is 1.91. The molecule has 0 aromatic heterocycles. The molecule has 0 heterocycles. The van der Waals surface area contributed by atoms with Crippen molar-refractivity contribution in [3.05, 3.63) is 12.2 Å². The maximum atomic E-state index is 12.2. The van der Waals surface area contributed by atoms with Gasteiger partial charge in [0.2, 0.25) is 0 Å². The van der Waals surface area contributed by atoms with Gasteiger partial charge >= 0.3 is 5.97 Å². The molecular weight excluding hydrogens is 248 g/mol. The molecule has 0 saturated heterocycles. The first-order chi connectivity index (χ1) is 9.45. The molecule has 4 bridgehead atoms. The Hall–Kier alpha value is -0.790. The van der Waals surface area contributed by atoms with E-state index in [4.69, 9.17) is 4.74 Å². The second kappa shape index (κ2) is 4.61. The first-order valence-corrected chi connectivity index (χ1v) is 8.34. The molecule has 2 unspecified atom stereocenters. The number of hydrogen-bond donors (Lipinski definition) is 0. The molecule has 0 radical (unpaired) electrons. The predicted molar refractivity (Wildman–Crippen MR) is 80.2 cm³/mol. The highest BCUT2D eigenvalue weighted by atomic mass is 16.6. The Bertz CT molecular complexity index is 413. The summed E-state index contributed by atoms with van der Waals surface area (Å²) in [6.07, 6.45) is 8.61. The number of carbonyl (C=O) groups is 1. The highest BCUT2D eigenvalue weighted by Crippen LogP contribution is 2.69. The van der Waals surface area contributed by atoms with Crippen LogP contribution >= 0.6 is 0 Å². The van der Waals surface area contributed by atoms with E-state index in [2.05, 4.69) is 20.4 Å². The van der Waals surface area contributed by atoms with Crippen LogP contribution in [0, 0.1) is 23.2 Å². The zero-order valence-corrected chi connectivity index (χ0v) is 13.2. The number of rotatable bonds is 5. The SMILES string of the molecule is C=C(C)C(=O)OC(CC)(CC)C12CC3CC(C1)C(C3)C2. The normalized spacial score (nSPS) is 38.2. The van der Waals surface area contributed by atoms with Gasteiger partial charge in [0.25, 0.3) is 0 Å². The molecule has 112 valence electrons. The Morgan fingerprint density at radius 2 is 1.75 bits per heavy atom. The van der Waals surface area contributed by atoms with Gasteiger partial charge in [-0.05, 0) is 69.6 Å². The third-order valence-corrected chi connectivity index (χ3v) is 6.67. The Kier molecular flexibility index (Phi) is 3.26. The first kappa shape index (κ1) is 14.2. The quantitative estimate of drug-likeness (QED) is 0.546. The third kappa shape index (κ3) is 1.79. The smallest absolute Gasteiger partial charge is 0.333 e. The predicted octanol–water partition coefficient (Wildman–Crippen LogP) is 4.49. The maximum Gasteiger partial charge on any atom is 0.333 e. The molecule has 20 heavy (non-hydrogen) atoms. The molecule has 2 nitrogen and oxygen atoms in total. The maximum absolute atomic E-state index is 12.2. The van der Waals surface area contributed by atoms with Gasteiger partial charge in [-0.1, -0.05) is 20.4 Å². The van der Waals surface area contributed by atoms with E-state index >= 15 is 0 Å². The molecule has 0 N–H and O–H groups in total. The summed E-state index contributed by atoms with van der Waals surface area (Å²) in [7, 11) is 0. The second-order valence-electron chi connectivity index (χ2n) is 7.62. The summed E-state index contributed by atoms with van der Waals surface area (Å²) in [5.74, 6) is 2.53. The second-order valence-corrected chi connectivity index (χ2v) is 7.62. The van der Waals surface area contributed by atoms with E-state index in [1.165, 1.54) is 32.1 Å². The van der Waals surface area contributed by atoms with Crippen molar-refractivity contribution in [2.75, 3.05) is 0 Å². The molecule has 4 rings (SSSR count). The van der Waals surface area contributed by atoms with Crippen molar-refractivity contribution in [3.8, 4) is 0 Å². The van der Waals surface area contributed by atoms with Gasteiger partial charge in [0, 0.05) is 11.0 Å². The van der Waals surface area contributed by atoms with Crippen LogP contribution < -0.4 is 0 Å². The fraction of sp³-hybridized carbons (Fsp3) is 0.833. The third-order valence-electron chi connectivity index (χ3n) is 6.67. The van der Waals surface area contributed by atoms with Crippen LogP contribution in [0.15, 0.2) is 12.2 Å². The van der Waals surface area contributed by atoms with Crippen LogP contribution in [0.5, 0.6) is 0 Å². The summed E-state index contributed by atoms with van der Waals surface area (Å²) in [4.78, 5) is 12.2. The van der Waals surface area contributed by atoms with Gasteiger partial charge in [0.1, 0.15) is 5.60 Å². The summed E-state index contributed by atoms with van der Waals surface area (Å²) >= 11 is 0. The molecule has 0 spiro atoms. The summed E-state index contributed by atoms with van der Waals surface area (Å²) in [6.45, 7) is 9.90. The molecule has 2 atom stereocenters. The Labute approximate surface area is 123 Å². The van der Waals surface area contributed by atoms with Crippen molar-refractivity contribution in [2.45, 2.75) is 71.3 Å².